The zero-order valence-corrected chi connectivity index (χ0v) is 18.4. The van der Waals surface area contributed by atoms with Gasteiger partial charge in [0.05, 0.1) is 13.7 Å². The predicted molar refractivity (Wildman–Crippen MR) is 123 cm³/mol. The van der Waals surface area contributed by atoms with E-state index in [-0.39, 0.29) is 11.8 Å². The van der Waals surface area contributed by atoms with Gasteiger partial charge in [-0.1, -0.05) is 26.0 Å². The summed E-state index contributed by atoms with van der Waals surface area (Å²) in [6.07, 6.45) is 0.811. The van der Waals surface area contributed by atoms with E-state index in [4.69, 9.17) is 9.47 Å². The molecule has 7 nitrogen and oxygen atoms in total. The molecule has 1 unspecified atom stereocenters. The van der Waals surface area contributed by atoms with Crippen molar-refractivity contribution in [2.24, 2.45) is 10.9 Å². The number of methoxy groups -OCH3 is 1. The molecule has 0 bridgehead atoms. The summed E-state index contributed by atoms with van der Waals surface area (Å²) in [6, 6.07) is 13.4. The number of carbonyl (C=O) groups excluding carboxylic acids is 1. The molecule has 0 aliphatic heterocycles. The van der Waals surface area contributed by atoms with Crippen LogP contribution in [0.5, 0.6) is 11.5 Å². The lowest BCUT2D eigenvalue weighted by Crippen LogP contribution is -2.30. The van der Waals surface area contributed by atoms with Crippen LogP contribution in [0.15, 0.2) is 47.5 Å². The summed E-state index contributed by atoms with van der Waals surface area (Å²) in [4.78, 5) is 16.4. The van der Waals surface area contributed by atoms with Gasteiger partial charge in [-0.15, -0.1) is 0 Å². The topological polar surface area (TPSA) is 84.0 Å². The second kappa shape index (κ2) is 11.7. The molecule has 0 aromatic heterocycles. The van der Waals surface area contributed by atoms with Crippen LogP contribution in [0.2, 0.25) is 0 Å². The van der Waals surface area contributed by atoms with Crippen LogP contribution < -0.4 is 25.4 Å². The normalized spacial score (nSPS) is 12.1. The Bertz CT molecular complexity index is 867. The number of anilines is 2. The van der Waals surface area contributed by atoms with Crippen molar-refractivity contribution in [3.8, 4) is 11.5 Å². The van der Waals surface area contributed by atoms with Crippen LogP contribution in [0.3, 0.4) is 0 Å². The molecule has 0 heterocycles. The largest absolute Gasteiger partial charge is 0.493 e. The molecular formula is C23H32N4O3. The molecule has 1 amide bonds. The Morgan fingerprint density at radius 1 is 1.07 bits per heavy atom. The van der Waals surface area contributed by atoms with Gasteiger partial charge in [-0.25, -0.2) is 0 Å². The van der Waals surface area contributed by atoms with E-state index in [2.05, 4.69) is 20.9 Å². The smallest absolute Gasteiger partial charge is 0.227 e. The number of rotatable bonds is 9. The number of hydrogen-bond donors (Lipinski definition) is 3. The molecule has 0 aliphatic carbocycles. The van der Waals surface area contributed by atoms with E-state index in [0.717, 1.165) is 23.4 Å². The minimum atomic E-state index is -0.0131. The van der Waals surface area contributed by atoms with Gasteiger partial charge in [-0.05, 0) is 43.2 Å². The SMILES string of the molecule is CCOc1cc(NC(=NC)NCc2cccc(NC(=O)C(C)CC)c2)ccc1OC. The summed E-state index contributed by atoms with van der Waals surface area (Å²) >= 11 is 0. The first-order chi connectivity index (χ1) is 14.5. The van der Waals surface area contributed by atoms with Crippen molar-refractivity contribution < 1.29 is 14.3 Å². The molecule has 1 atom stereocenters. The summed E-state index contributed by atoms with van der Waals surface area (Å²) in [5.74, 6) is 1.99. The molecular weight excluding hydrogens is 380 g/mol. The summed E-state index contributed by atoms with van der Waals surface area (Å²) in [7, 11) is 3.33. The molecule has 0 radical (unpaired) electrons. The van der Waals surface area contributed by atoms with Crippen molar-refractivity contribution in [3.63, 3.8) is 0 Å². The second-order valence-corrected chi connectivity index (χ2v) is 6.85. The Kier molecular flexibility index (Phi) is 9.00. The van der Waals surface area contributed by atoms with E-state index in [0.29, 0.717) is 30.6 Å². The van der Waals surface area contributed by atoms with Crippen LogP contribution in [0, 0.1) is 5.92 Å². The molecule has 0 aliphatic rings. The van der Waals surface area contributed by atoms with Crippen molar-refractivity contribution in [3.05, 3.63) is 48.0 Å². The Morgan fingerprint density at radius 3 is 2.50 bits per heavy atom. The van der Waals surface area contributed by atoms with E-state index in [1.165, 1.54) is 0 Å². The molecule has 3 N–H and O–H groups in total. The van der Waals surface area contributed by atoms with Crippen molar-refractivity contribution in [2.45, 2.75) is 33.7 Å². The number of guanidine groups is 1. The van der Waals surface area contributed by atoms with Crippen LogP contribution in [0.1, 0.15) is 32.8 Å². The fourth-order valence-corrected chi connectivity index (χ4v) is 2.73. The Labute approximate surface area is 178 Å². The first-order valence-corrected chi connectivity index (χ1v) is 10.2. The van der Waals surface area contributed by atoms with Crippen LogP contribution in [0.4, 0.5) is 11.4 Å². The van der Waals surface area contributed by atoms with E-state index in [1.54, 1.807) is 14.2 Å². The maximum absolute atomic E-state index is 12.1. The third kappa shape index (κ3) is 6.69. The maximum atomic E-state index is 12.1. The average Bonchev–Trinajstić information content (AvgIpc) is 2.76. The number of hydrogen-bond acceptors (Lipinski definition) is 4. The van der Waals surface area contributed by atoms with Crippen LogP contribution in [-0.2, 0) is 11.3 Å². The number of ether oxygens (including phenoxy) is 2. The molecule has 2 aromatic rings. The van der Waals surface area contributed by atoms with E-state index in [9.17, 15) is 4.79 Å². The number of carbonyl (C=O) groups is 1. The monoisotopic (exact) mass is 412 g/mol. The Hall–Kier alpha value is -3.22. The Morgan fingerprint density at radius 2 is 1.83 bits per heavy atom. The lowest BCUT2D eigenvalue weighted by atomic mass is 10.1. The van der Waals surface area contributed by atoms with Crippen LogP contribution in [0.25, 0.3) is 0 Å². The first-order valence-electron chi connectivity index (χ1n) is 10.2. The minimum absolute atomic E-state index is 0.0131. The molecule has 0 fully saturated rings. The standard InChI is InChI=1S/C23H32N4O3/c1-6-16(3)22(28)26-18-10-8-9-17(13-18)15-25-23(24-4)27-19-11-12-20(29-5)21(14-19)30-7-2/h8-14,16H,6-7,15H2,1-5H3,(H,26,28)(H2,24,25,27). The molecule has 7 heteroatoms. The van der Waals surface area contributed by atoms with Crippen LogP contribution >= 0.6 is 0 Å². The molecule has 0 saturated carbocycles. The summed E-state index contributed by atoms with van der Waals surface area (Å²) in [6.45, 7) is 6.97. The molecule has 0 spiro atoms. The quantitative estimate of drug-likeness (QED) is 0.423. The summed E-state index contributed by atoms with van der Waals surface area (Å²) in [5, 5.41) is 9.50. The van der Waals surface area contributed by atoms with Gasteiger partial charge in [-0.3, -0.25) is 9.79 Å². The van der Waals surface area contributed by atoms with Crippen molar-refractivity contribution >= 4 is 23.2 Å². The molecule has 2 aromatic carbocycles. The van der Waals surface area contributed by atoms with Crippen LogP contribution in [-0.4, -0.2) is 32.6 Å². The molecule has 2 rings (SSSR count). The number of benzene rings is 2. The number of nitrogens with one attached hydrogen (secondary N) is 3. The van der Waals surface area contributed by atoms with E-state index in [1.807, 2.05) is 63.2 Å². The van der Waals surface area contributed by atoms with Crippen molar-refractivity contribution in [1.29, 1.82) is 0 Å². The highest BCUT2D eigenvalue weighted by atomic mass is 16.5. The van der Waals surface area contributed by atoms with Crippen molar-refractivity contribution in [2.75, 3.05) is 31.4 Å². The van der Waals surface area contributed by atoms with Gasteiger partial charge in [0.15, 0.2) is 17.5 Å². The lowest BCUT2D eigenvalue weighted by Gasteiger charge is -2.15. The van der Waals surface area contributed by atoms with Gasteiger partial charge in [0.2, 0.25) is 5.91 Å². The molecule has 0 saturated heterocycles. The van der Waals surface area contributed by atoms with Gasteiger partial charge < -0.3 is 25.4 Å². The number of aliphatic imine (C=N–C) groups is 1. The molecule has 30 heavy (non-hydrogen) atoms. The van der Waals surface area contributed by atoms with E-state index < -0.39 is 0 Å². The fraction of sp³-hybridized carbons (Fsp3) is 0.391. The first kappa shape index (κ1) is 23.1. The van der Waals surface area contributed by atoms with Gasteiger partial charge >= 0.3 is 0 Å². The second-order valence-electron chi connectivity index (χ2n) is 6.85. The third-order valence-electron chi connectivity index (χ3n) is 4.66. The summed E-state index contributed by atoms with van der Waals surface area (Å²) in [5.41, 5.74) is 2.66. The zero-order chi connectivity index (χ0) is 21.9. The van der Waals surface area contributed by atoms with Gasteiger partial charge in [0.1, 0.15) is 0 Å². The fourth-order valence-electron chi connectivity index (χ4n) is 2.73. The molecule has 162 valence electrons. The highest BCUT2D eigenvalue weighted by Crippen LogP contribution is 2.30. The lowest BCUT2D eigenvalue weighted by molar-refractivity contribution is -0.119. The maximum Gasteiger partial charge on any atom is 0.227 e. The third-order valence-corrected chi connectivity index (χ3v) is 4.66. The zero-order valence-electron chi connectivity index (χ0n) is 18.4. The average molecular weight is 413 g/mol. The van der Waals surface area contributed by atoms with Gasteiger partial charge in [0, 0.05) is 37.0 Å². The highest BCUT2D eigenvalue weighted by molar-refractivity contribution is 5.94. The van der Waals surface area contributed by atoms with Gasteiger partial charge in [0.25, 0.3) is 0 Å². The van der Waals surface area contributed by atoms with E-state index >= 15 is 0 Å². The number of nitrogens with zero attached hydrogens (tertiary/aromatic N) is 1. The Balaban J connectivity index is 2.00. The number of amides is 1. The predicted octanol–water partition coefficient (Wildman–Crippen LogP) is 4.27. The van der Waals surface area contributed by atoms with Crippen molar-refractivity contribution in [1.82, 2.24) is 5.32 Å². The van der Waals surface area contributed by atoms with Gasteiger partial charge in [-0.2, -0.15) is 0 Å². The summed E-state index contributed by atoms with van der Waals surface area (Å²) < 4.78 is 10.9. The minimum Gasteiger partial charge on any atom is -0.493 e. The highest BCUT2D eigenvalue weighted by Gasteiger charge is 2.11.